The van der Waals surface area contributed by atoms with Gasteiger partial charge >= 0.3 is 0 Å². The molecule has 0 saturated carbocycles. The van der Waals surface area contributed by atoms with Crippen molar-refractivity contribution in [3.8, 4) is 11.5 Å². The minimum absolute atomic E-state index is 0.235. The van der Waals surface area contributed by atoms with E-state index in [-0.39, 0.29) is 6.04 Å². The number of carbonyl (C=O) groups excluding carboxylic acids is 1. The van der Waals surface area contributed by atoms with Gasteiger partial charge in [-0.1, -0.05) is 6.42 Å². The molecule has 1 unspecified atom stereocenters. The Balaban J connectivity index is 2.40. The lowest BCUT2D eigenvalue weighted by molar-refractivity contribution is 0.112. The number of nitrogens with one attached hydrogen (secondary N) is 1. The first-order chi connectivity index (χ1) is 8.80. The second-order valence-electron chi connectivity index (χ2n) is 4.46. The van der Waals surface area contributed by atoms with Gasteiger partial charge in [0.2, 0.25) is 0 Å². The second-order valence-corrected chi connectivity index (χ2v) is 4.46. The van der Waals surface area contributed by atoms with E-state index in [1.807, 2.05) is 6.07 Å². The van der Waals surface area contributed by atoms with Crippen molar-refractivity contribution in [2.75, 3.05) is 20.8 Å². The second kappa shape index (κ2) is 5.87. The Bertz CT molecular complexity index is 425. The van der Waals surface area contributed by atoms with Gasteiger partial charge in [0.1, 0.15) is 0 Å². The number of methoxy groups -OCH3 is 2. The van der Waals surface area contributed by atoms with Crippen LogP contribution in [0.15, 0.2) is 12.1 Å². The van der Waals surface area contributed by atoms with Crippen molar-refractivity contribution in [1.29, 1.82) is 0 Å². The molecule has 1 aromatic carbocycles. The average molecular weight is 249 g/mol. The third kappa shape index (κ3) is 2.48. The van der Waals surface area contributed by atoms with Gasteiger partial charge in [0, 0.05) is 11.6 Å². The summed E-state index contributed by atoms with van der Waals surface area (Å²) in [7, 11) is 3.18. The van der Waals surface area contributed by atoms with E-state index in [0.717, 1.165) is 24.8 Å². The topological polar surface area (TPSA) is 47.6 Å². The van der Waals surface area contributed by atoms with E-state index < -0.39 is 0 Å². The summed E-state index contributed by atoms with van der Waals surface area (Å²) in [6.07, 6.45) is 4.31. The zero-order valence-corrected chi connectivity index (χ0v) is 10.9. The Morgan fingerprint density at radius 3 is 2.50 bits per heavy atom. The monoisotopic (exact) mass is 249 g/mol. The molecular weight excluding hydrogens is 230 g/mol. The van der Waals surface area contributed by atoms with Crippen molar-refractivity contribution in [2.24, 2.45) is 0 Å². The molecule has 1 heterocycles. The largest absolute Gasteiger partial charge is 0.493 e. The molecule has 1 fully saturated rings. The minimum atomic E-state index is 0.235. The standard InChI is InChI=1S/C14H19NO3/c1-17-13-7-10(9-16)11(8-14(13)18-2)12-5-3-4-6-15-12/h7-9,12,15H,3-6H2,1-2H3. The van der Waals surface area contributed by atoms with E-state index in [1.54, 1.807) is 20.3 Å². The molecule has 1 aromatic rings. The highest BCUT2D eigenvalue weighted by Gasteiger charge is 2.20. The summed E-state index contributed by atoms with van der Waals surface area (Å²) >= 11 is 0. The number of carbonyl (C=O) groups is 1. The van der Waals surface area contributed by atoms with E-state index in [2.05, 4.69) is 5.32 Å². The van der Waals surface area contributed by atoms with Crippen LogP contribution in [0.4, 0.5) is 0 Å². The van der Waals surface area contributed by atoms with Crippen LogP contribution in [-0.4, -0.2) is 27.1 Å². The van der Waals surface area contributed by atoms with Crippen LogP contribution >= 0.6 is 0 Å². The normalized spacial score (nSPS) is 19.3. The molecule has 1 saturated heterocycles. The number of aldehydes is 1. The highest BCUT2D eigenvalue weighted by Crippen LogP contribution is 2.34. The van der Waals surface area contributed by atoms with Crippen LogP contribution in [0.3, 0.4) is 0 Å². The van der Waals surface area contributed by atoms with Crippen LogP contribution < -0.4 is 14.8 Å². The van der Waals surface area contributed by atoms with E-state index >= 15 is 0 Å². The number of hydrogen-bond acceptors (Lipinski definition) is 4. The molecule has 0 radical (unpaired) electrons. The average Bonchev–Trinajstić information content (AvgIpc) is 2.46. The highest BCUT2D eigenvalue weighted by atomic mass is 16.5. The summed E-state index contributed by atoms with van der Waals surface area (Å²) in [5.74, 6) is 1.27. The Labute approximate surface area is 107 Å². The maximum Gasteiger partial charge on any atom is 0.161 e. The quantitative estimate of drug-likeness (QED) is 0.832. The summed E-state index contributed by atoms with van der Waals surface area (Å²) in [6, 6.07) is 3.89. The SMILES string of the molecule is COc1cc(C=O)c(C2CCCCN2)cc1OC. The lowest BCUT2D eigenvalue weighted by Crippen LogP contribution is -2.27. The van der Waals surface area contributed by atoms with Gasteiger partial charge in [0.15, 0.2) is 17.8 Å². The molecule has 0 spiro atoms. The van der Waals surface area contributed by atoms with Crippen LogP contribution in [0.5, 0.6) is 11.5 Å². The van der Waals surface area contributed by atoms with E-state index in [0.29, 0.717) is 17.1 Å². The van der Waals surface area contributed by atoms with E-state index in [1.165, 1.54) is 12.8 Å². The zero-order valence-electron chi connectivity index (χ0n) is 10.9. The summed E-state index contributed by atoms with van der Waals surface area (Å²) in [4.78, 5) is 11.2. The number of rotatable bonds is 4. The van der Waals surface area contributed by atoms with Gasteiger partial charge in [0.25, 0.3) is 0 Å². The highest BCUT2D eigenvalue weighted by molar-refractivity contribution is 5.79. The van der Waals surface area contributed by atoms with Crippen molar-refractivity contribution >= 4 is 6.29 Å². The third-order valence-electron chi connectivity index (χ3n) is 3.40. The molecule has 1 N–H and O–H groups in total. The van der Waals surface area contributed by atoms with Crippen LogP contribution in [0.1, 0.15) is 41.2 Å². The third-order valence-corrected chi connectivity index (χ3v) is 3.40. The Kier molecular flexibility index (Phi) is 4.20. The lowest BCUT2D eigenvalue weighted by Gasteiger charge is -2.25. The van der Waals surface area contributed by atoms with Crippen LogP contribution in [-0.2, 0) is 0 Å². The number of benzene rings is 1. The fraction of sp³-hybridized carbons (Fsp3) is 0.500. The summed E-state index contributed by atoms with van der Waals surface area (Å²) in [5.41, 5.74) is 1.68. The van der Waals surface area contributed by atoms with E-state index in [4.69, 9.17) is 9.47 Å². The number of piperidine rings is 1. The first kappa shape index (κ1) is 12.9. The van der Waals surface area contributed by atoms with Crippen molar-refractivity contribution in [3.05, 3.63) is 23.3 Å². The fourth-order valence-electron chi connectivity index (χ4n) is 2.43. The fourth-order valence-corrected chi connectivity index (χ4v) is 2.43. The van der Waals surface area contributed by atoms with Crippen molar-refractivity contribution in [2.45, 2.75) is 25.3 Å². The van der Waals surface area contributed by atoms with Crippen molar-refractivity contribution < 1.29 is 14.3 Å². The van der Waals surface area contributed by atoms with Crippen LogP contribution in [0, 0.1) is 0 Å². The Hall–Kier alpha value is -1.55. The first-order valence-corrected chi connectivity index (χ1v) is 6.24. The van der Waals surface area contributed by atoms with Crippen molar-refractivity contribution in [1.82, 2.24) is 5.32 Å². The van der Waals surface area contributed by atoms with Crippen LogP contribution in [0.2, 0.25) is 0 Å². The summed E-state index contributed by atoms with van der Waals surface area (Å²) in [6.45, 7) is 0.997. The molecule has 4 heteroatoms. The molecule has 1 atom stereocenters. The number of ether oxygens (including phenoxy) is 2. The van der Waals surface area contributed by atoms with Gasteiger partial charge in [-0.15, -0.1) is 0 Å². The first-order valence-electron chi connectivity index (χ1n) is 6.24. The molecular formula is C14H19NO3. The molecule has 0 aliphatic carbocycles. The molecule has 98 valence electrons. The summed E-state index contributed by atoms with van der Waals surface area (Å²) < 4.78 is 10.5. The van der Waals surface area contributed by atoms with Gasteiger partial charge in [0.05, 0.1) is 14.2 Å². The Morgan fingerprint density at radius 2 is 1.94 bits per heavy atom. The van der Waals surface area contributed by atoms with E-state index in [9.17, 15) is 4.79 Å². The molecule has 18 heavy (non-hydrogen) atoms. The molecule has 0 amide bonds. The smallest absolute Gasteiger partial charge is 0.161 e. The van der Waals surface area contributed by atoms with Gasteiger partial charge in [-0.05, 0) is 37.1 Å². The van der Waals surface area contributed by atoms with Gasteiger partial charge in [-0.3, -0.25) is 4.79 Å². The molecule has 4 nitrogen and oxygen atoms in total. The van der Waals surface area contributed by atoms with Gasteiger partial charge < -0.3 is 14.8 Å². The minimum Gasteiger partial charge on any atom is -0.493 e. The molecule has 2 rings (SSSR count). The Morgan fingerprint density at radius 1 is 1.22 bits per heavy atom. The molecule has 1 aliphatic rings. The zero-order chi connectivity index (χ0) is 13.0. The van der Waals surface area contributed by atoms with Gasteiger partial charge in [-0.2, -0.15) is 0 Å². The predicted molar refractivity (Wildman–Crippen MR) is 69.5 cm³/mol. The summed E-state index contributed by atoms with van der Waals surface area (Å²) in [5, 5.41) is 3.44. The van der Waals surface area contributed by atoms with Crippen molar-refractivity contribution in [3.63, 3.8) is 0 Å². The predicted octanol–water partition coefficient (Wildman–Crippen LogP) is 2.33. The maximum absolute atomic E-state index is 11.2. The maximum atomic E-state index is 11.2. The number of hydrogen-bond donors (Lipinski definition) is 1. The molecule has 0 aromatic heterocycles. The lowest BCUT2D eigenvalue weighted by atomic mass is 9.93. The van der Waals surface area contributed by atoms with Gasteiger partial charge in [-0.25, -0.2) is 0 Å². The molecule has 0 bridgehead atoms. The molecule has 1 aliphatic heterocycles. The van der Waals surface area contributed by atoms with Crippen LogP contribution in [0.25, 0.3) is 0 Å².